The van der Waals surface area contributed by atoms with Crippen LogP contribution in [0.3, 0.4) is 0 Å². The third-order valence-electron chi connectivity index (χ3n) is 4.89. The second kappa shape index (κ2) is 10.3. The van der Waals surface area contributed by atoms with Crippen LogP contribution in [0.15, 0.2) is 79.5 Å². The van der Waals surface area contributed by atoms with Crippen molar-refractivity contribution in [1.29, 1.82) is 0 Å². The van der Waals surface area contributed by atoms with Crippen molar-refractivity contribution in [2.45, 2.75) is 18.5 Å². The molecule has 0 bridgehead atoms. The molecule has 0 saturated carbocycles. The number of pyridine rings is 2. The molecule has 1 amide bonds. The molecule has 0 saturated heterocycles. The second-order valence-corrected chi connectivity index (χ2v) is 7.74. The van der Waals surface area contributed by atoms with Gasteiger partial charge in [0.25, 0.3) is 0 Å². The lowest BCUT2D eigenvalue weighted by molar-refractivity contribution is -0.121. The number of benzene rings is 1. The lowest BCUT2D eigenvalue weighted by Crippen LogP contribution is -2.34. The van der Waals surface area contributed by atoms with Crippen LogP contribution in [0.1, 0.15) is 23.1 Å². The molecule has 0 fully saturated rings. The van der Waals surface area contributed by atoms with E-state index in [1.165, 1.54) is 47.8 Å². The standard InChI is InChI=1S/C23H20ClF2N7O/c24-17-9-10-20(29-13-23(25,26)19-8-4-5-11-28-19)31-18(17)12-21(34)32-22(33-15-27-14-30-33)16-6-2-1-3-7-16/h1-11,14-15,22H,12-13H2,(H,29,31)(H,32,34). The summed E-state index contributed by atoms with van der Waals surface area (Å²) >= 11 is 6.22. The van der Waals surface area contributed by atoms with E-state index in [0.717, 1.165) is 5.56 Å². The molecule has 11 heteroatoms. The van der Waals surface area contributed by atoms with Crippen LogP contribution in [0.2, 0.25) is 5.02 Å². The minimum Gasteiger partial charge on any atom is -0.364 e. The molecule has 1 atom stereocenters. The molecule has 3 aromatic heterocycles. The quantitative estimate of drug-likeness (QED) is 0.375. The molecule has 0 aliphatic heterocycles. The highest BCUT2D eigenvalue weighted by atomic mass is 35.5. The Morgan fingerprint density at radius 3 is 2.59 bits per heavy atom. The van der Waals surface area contributed by atoms with Gasteiger partial charge in [0.15, 0.2) is 6.17 Å². The molecule has 1 unspecified atom stereocenters. The van der Waals surface area contributed by atoms with E-state index in [1.54, 1.807) is 6.07 Å². The van der Waals surface area contributed by atoms with E-state index < -0.39 is 18.6 Å². The Morgan fingerprint density at radius 1 is 1.09 bits per heavy atom. The molecular weight excluding hydrogens is 464 g/mol. The van der Waals surface area contributed by atoms with Crippen molar-refractivity contribution >= 4 is 23.3 Å². The Bertz CT molecular complexity index is 1220. The molecule has 0 radical (unpaired) electrons. The Morgan fingerprint density at radius 2 is 1.88 bits per heavy atom. The minimum atomic E-state index is -3.21. The Balaban J connectivity index is 1.45. The second-order valence-electron chi connectivity index (χ2n) is 7.33. The zero-order valence-corrected chi connectivity index (χ0v) is 18.5. The number of alkyl halides is 2. The molecular formula is C23H20ClF2N7O. The summed E-state index contributed by atoms with van der Waals surface area (Å²) in [6.07, 6.45) is 3.42. The zero-order chi connectivity index (χ0) is 24.0. The van der Waals surface area contributed by atoms with E-state index in [-0.39, 0.29) is 34.6 Å². The predicted octanol–water partition coefficient (Wildman–Crippen LogP) is 3.83. The summed E-state index contributed by atoms with van der Waals surface area (Å²) in [5.41, 5.74) is 0.694. The average molecular weight is 484 g/mol. The maximum Gasteiger partial charge on any atom is 0.306 e. The molecule has 1 aromatic carbocycles. The van der Waals surface area contributed by atoms with Gasteiger partial charge in [-0.05, 0) is 29.8 Å². The van der Waals surface area contributed by atoms with Crippen molar-refractivity contribution in [3.63, 3.8) is 0 Å². The summed E-state index contributed by atoms with van der Waals surface area (Å²) < 4.78 is 30.3. The van der Waals surface area contributed by atoms with Gasteiger partial charge in [-0.1, -0.05) is 48.0 Å². The summed E-state index contributed by atoms with van der Waals surface area (Å²) in [4.78, 5) is 24.7. The van der Waals surface area contributed by atoms with Crippen LogP contribution in [-0.2, 0) is 17.1 Å². The molecule has 174 valence electrons. The van der Waals surface area contributed by atoms with Crippen LogP contribution in [0.4, 0.5) is 14.6 Å². The third kappa shape index (κ3) is 5.70. The van der Waals surface area contributed by atoms with Crippen LogP contribution in [0.5, 0.6) is 0 Å². The number of carbonyl (C=O) groups excluding carboxylic acids is 1. The number of nitrogens with one attached hydrogen (secondary N) is 2. The first-order valence-corrected chi connectivity index (χ1v) is 10.7. The maximum absolute atomic E-state index is 14.4. The molecule has 0 aliphatic rings. The number of halogens is 3. The number of rotatable bonds is 9. The lowest BCUT2D eigenvalue weighted by Gasteiger charge is -2.19. The van der Waals surface area contributed by atoms with Crippen molar-refractivity contribution in [2.75, 3.05) is 11.9 Å². The molecule has 8 nitrogen and oxygen atoms in total. The van der Waals surface area contributed by atoms with Gasteiger partial charge in [-0.25, -0.2) is 14.6 Å². The molecule has 34 heavy (non-hydrogen) atoms. The molecule has 3 heterocycles. The number of amides is 1. The highest BCUT2D eigenvalue weighted by Crippen LogP contribution is 2.27. The van der Waals surface area contributed by atoms with Crippen molar-refractivity contribution in [3.05, 3.63) is 101 Å². The number of nitrogens with zero attached hydrogens (tertiary/aromatic N) is 5. The van der Waals surface area contributed by atoms with Gasteiger partial charge >= 0.3 is 5.92 Å². The largest absolute Gasteiger partial charge is 0.364 e. The van der Waals surface area contributed by atoms with Crippen LogP contribution >= 0.6 is 11.6 Å². The van der Waals surface area contributed by atoms with Gasteiger partial charge in [0, 0.05) is 6.20 Å². The maximum atomic E-state index is 14.4. The fourth-order valence-electron chi connectivity index (χ4n) is 3.22. The van der Waals surface area contributed by atoms with Crippen LogP contribution in [0.25, 0.3) is 0 Å². The van der Waals surface area contributed by atoms with Gasteiger partial charge < -0.3 is 10.6 Å². The first kappa shape index (κ1) is 23.2. The molecule has 2 N–H and O–H groups in total. The van der Waals surface area contributed by atoms with Gasteiger partial charge in [-0.3, -0.25) is 9.78 Å². The molecule has 4 rings (SSSR count). The summed E-state index contributed by atoms with van der Waals surface area (Å²) in [5.74, 6) is -3.42. The summed E-state index contributed by atoms with van der Waals surface area (Å²) in [6.45, 7) is -0.716. The van der Waals surface area contributed by atoms with Gasteiger partial charge in [-0.2, -0.15) is 13.9 Å². The monoisotopic (exact) mass is 483 g/mol. The average Bonchev–Trinajstić information content (AvgIpc) is 3.39. The zero-order valence-electron chi connectivity index (χ0n) is 17.8. The number of hydrogen-bond donors (Lipinski definition) is 2. The fourth-order valence-corrected chi connectivity index (χ4v) is 3.39. The third-order valence-corrected chi connectivity index (χ3v) is 5.24. The molecule has 4 aromatic rings. The topological polar surface area (TPSA) is 97.6 Å². The normalized spacial score (nSPS) is 12.2. The lowest BCUT2D eigenvalue weighted by atomic mass is 10.1. The van der Waals surface area contributed by atoms with Gasteiger partial charge in [-0.15, -0.1) is 0 Å². The molecule has 0 spiro atoms. The highest BCUT2D eigenvalue weighted by Gasteiger charge is 2.33. The highest BCUT2D eigenvalue weighted by molar-refractivity contribution is 6.31. The SMILES string of the molecule is O=C(Cc1nc(NCC(F)(F)c2ccccn2)ccc1Cl)NC(c1ccccc1)n1cncn1. The first-order valence-electron chi connectivity index (χ1n) is 10.3. The summed E-state index contributed by atoms with van der Waals surface area (Å²) in [5, 5.41) is 9.85. The fraction of sp³-hybridized carbons (Fsp3) is 0.174. The number of hydrogen-bond acceptors (Lipinski definition) is 6. The van der Waals surface area contributed by atoms with Crippen molar-refractivity contribution in [2.24, 2.45) is 0 Å². The van der Waals surface area contributed by atoms with Gasteiger partial charge in [0.1, 0.15) is 24.2 Å². The summed E-state index contributed by atoms with van der Waals surface area (Å²) in [7, 11) is 0. The van der Waals surface area contributed by atoms with E-state index in [0.29, 0.717) is 0 Å². The smallest absolute Gasteiger partial charge is 0.306 e. The van der Waals surface area contributed by atoms with Crippen molar-refractivity contribution in [1.82, 2.24) is 30.0 Å². The van der Waals surface area contributed by atoms with Crippen LogP contribution in [-0.4, -0.2) is 37.2 Å². The van der Waals surface area contributed by atoms with E-state index in [4.69, 9.17) is 11.6 Å². The first-order chi connectivity index (χ1) is 16.4. The van der Waals surface area contributed by atoms with Gasteiger partial charge in [0.2, 0.25) is 5.91 Å². The number of carbonyl (C=O) groups is 1. The van der Waals surface area contributed by atoms with E-state index in [9.17, 15) is 13.6 Å². The Labute approximate surface area is 199 Å². The van der Waals surface area contributed by atoms with E-state index in [1.807, 2.05) is 30.3 Å². The van der Waals surface area contributed by atoms with Crippen molar-refractivity contribution < 1.29 is 13.6 Å². The predicted molar refractivity (Wildman–Crippen MR) is 122 cm³/mol. The number of aromatic nitrogens is 5. The van der Waals surface area contributed by atoms with Gasteiger partial charge in [0.05, 0.1) is 23.7 Å². The van der Waals surface area contributed by atoms with Crippen LogP contribution in [0, 0.1) is 0 Å². The van der Waals surface area contributed by atoms with Crippen molar-refractivity contribution in [3.8, 4) is 0 Å². The van der Waals surface area contributed by atoms with E-state index >= 15 is 0 Å². The summed E-state index contributed by atoms with van der Waals surface area (Å²) in [6, 6.07) is 16.6. The minimum absolute atomic E-state index is 0.164. The molecule has 0 aliphatic carbocycles. The number of anilines is 1. The Hall–Kier alpha value is -3.92. The van der Waals surface area contributed by atoms with Crippen LogP contribution < -0.4 is 10.6 Å². The van der Waals surface area contributed by atoms with E-state index in [2.05, 4.69) is 30.7 Å². The Kier molecular flexibility index (Phi) is 7.07.